The van der Waals surface area contributed by atoms with Gasteiger partial charge in [0.25, 0.3) is 0 Å². The van der Waals surface area contributed by atoms with Crippen molar-refractivity contribution in [1.82, 2.24) is 15.0 Å². The van der Waals surface area contributed by atoms with Crippen molar-refractivity contribution in [1.29, 1.82) is 0 Å². The second-order valence-electron chi connectivity index (χ2n) is 10.6. The third-order valence-corrected chi connectivity index (χ3v) is 6.35. The van der Waals surface area contributed by atoms with Gasteiger partial charge >= 0.3 is 0 Å². The molecule has 0 fully saturated rings. The first-order chi connectivity index (χ1) is 16.1. The number of aryl methyl sites for hydroxylation is 3. The number of rotatable bonds is 6. The molecule has 4 heteroatoms. The van der Waals surface area contributed by atoms with Crippen LogP contribution in [0.15, 0.2) is 42.6 Å². The Hall–Kier alpha value is -3.14. The van der Waals surface area contributed by atoms with Gasteiger partial charge in [-0.15, -0.1) is 0 Å². The molecule has 0 saturated carbocycles. The fourth-order valence-electron chi connectivity index (χ4n) is 4.57. The van der Waals surface area contributed by atoms with E-state index in [-0.39, 0.29) is 0 Å². The Morgan fingerprint density at radius 2 is 1.41 bits per heavy atom. The van der Waals surface area contributed by atoms with E-state index in [4.69, 9.17) is 15.0 Å². The van der Waals surface area contributed by atoms with E-state index in [1.54, 1.807) is 0 Å². The van der Waals surface area contributed by atoms with E-state index in [2.05, 4.69) is 103 Å². The molecule has 0 amide bonds. The standard InChI is InChI=1S/C30H37N4/c1-18(2)11-28-31-29(12-19(3)4)33-30(32-28)24-10-9-23-16-27(34(8)17-25(23)15-24)26-14-20(5)13-21(6)22(26)7/h9-10,13-19H,11-12H2,1-8H3/q+1. The zero-order valence-electron chi connectivity index (χ0n) is 21.9. The smallest absolute Gasteiger partial charge is 0.213 e. The number of hydrogen-bond acceptors (Lipinski definition) is 3. The molecule has 0 spiro atoms. The minimum atomic E-state index is 0.505. The largest absolute Gasteiger partial charge is 0.218 e. The molecule has 0 unspecified atom stereocenters. The molecule has 4 aromatic rings. The van der Waals surface area contributed by atoms with Gasteiger partial charge in [0.1, 0.15) is 18.7 Å². The monoisotopic (exact) mass is 453 g/mol. The molecule has 0 aliphatic rings. The summed E-state index contributed by atoms with van der Waals surface area (Å²) in [7, 11) is 2.13. The van der Waals surface area contributed by atoms with Crippen LogP contribution < -0.4 is 4.57 Å². The van der Waals surface area contributed by atoms with Gasteiger partial charge in [-0.25, -0.2) is 19.5 Å². The quantitative estimate of drug-likeness (QED) is 0.313. The van der Waals surface area contributed by atoms with Crippen LogP contribution >= 0.6 is 0 Å². The normalized spacial score (nSPS) is 11.7. The van der Waals surface area contributed by atoms with Gasteiger partial charge in [0.2, 0.25) is 5.69 Å². The van der Waals surface area contributed by atoms with Crippen LogP contribution in [0.3, 0.4) is 0 Å². The molecular formula is C30H37N4+. The van der Waals surface area contributed by atoms with E-state index in [1.807, 2.05) is 0 Å². The topological polar surface area (TPSA) is 42.6 Å². The van der Waals surface area contributed by atoms with Crippen LogP contribution in [0.5, 0.6) is 0 Å². The van der Waals surface area contributed by atoms with E-state index in [0.717, 1.165) is 35.9 Å². The fourth-order valence-corrected chi connectivity index (χ4v) is 4.57. The summed E-state index contributed by atoms with van der Waals surface area (Å²) in [4.78, 5) is 14.5. The first-order valence-corrected chi connectivity index (χ1v) is 12.4. The van der Waals surface area contributed by atoms with Crippen LogP contribution in [-0.2, 0) is 19.9 Å². The molecule has 176 valence electrons. The molecule has 0 saturated heterocycles. The molecule has 0 N–H and O–H groups in total. The highest BCUT2D eigenvalue weighted by Gasteiger charge is 2.17. The van der Waals surface area contributed by atoms with Gasteiger partial charge in [0.15, 0.2) is 12.0 Å². The van der Waals surface area contributed by atoms with Crippen molar-refractivity contribution in [3.63, 3.8) is 0 Å². The number of hydrogen-bond donors (Lipinski definition) is 0. The van der Waals surface area contributed by atoms with Crippen molar-refractivity contribution in [3.05, 3.63) is 70.9 Å². The molecule has 0 aliphatic heterocycles. The van der Waals surface area contributed by atoms with Crippen LogP contribution in [0, 0.1) is 32.6 Å². The van der Waals surface area contributed by atoms with Crippen LogP contribution in [0.2, 0.25) is 0 Å². The Balaban J connectivity index is 1.80. The van der Waals surface area contributed by atoms with E-state index in [1.165, 1.54) is 38.7 Å². The molecule has 34 heavy (non-hydrogen) atoms. The highest BCUT2D eigenvalue weighted by molar-refractivity contribution is 5.87. The Morgan fingerprint density at radius 3 is 2.03 bits per heavy atom. The lowest BCUT2D eigenvalue weighted by Gasteiger charge is -2.12. The predicted molar refractivity (Wildman–Crippen MR) is 141 cm³/mol. The Labute approximate surface area is 204 Å². The lowest BCUT2D eigenvalue weighted by Crippen LogP contribution is -2.30. The van der Waals surface area contributed by atoms with Crippen molar-refractivity contribution >= 4 is 10.8 Å². The summed E-state index contributed by atoms with van der Waals surface area (Å²) < 4.78 is 2.23. The van der Waals surface area contributed by atoms with Gasteiger partial charge in [0.05, 0.1) is 0 Å². The van der Waals surface area contributed by atoms with Crippen LogP contribution in [-0.4, -0.2) is 15.0 Å². The van der Waals surface area contributed by atoms with E-state index in [0.29, 0.717) is 11.8 Å². The minimum absolute atomic E-state index is 0.505. The molecule has 2 heterocycles. The van der Waals surface area contributed by atoms with E-state index in [9.17, 15) is 0 Å². The highest BCUT2D eigenvalue weighted by Crippen LogP contribution is 2.29. The maximum Gasteiger partial charge on any atom is 0.213 e. The molecule has 0 bridgehead atoms. The zero-order valence-corrected chi connectivity index (χ0v) is 21.9. The lowest BCUT2D eigenvalue weighted by atomic mass is 9.96. The second kappa shape index (κ2) is 9.61. The van der Waals surface area contributed by atoms with Gasteiger partial charge < -0.3 is 0 Å². The Bertz CT molecular complexity index is 1320. The molecule has 4 nitrogen and oxygen atoms in total. The summed E-state index contributed by atoms with van der Waals surface area (Å²) in [5, 5.41) is 2.40. The fraction of sp³-hybridized carbons (Fsp3) is 0.400. The van der Waals surface area contributed by atoms with Crippen molar-refractivity contribution < 1.29 is 4.57 Å². The summed E-state index contributed by atoms with van der Waals surface area (Å²) in [6, 6.07) is 13.4. The SMILES string of the molecule is Cc1cc(C)c(C)c(-c2cc3ccc(-c4nc(CC(C)C)nc(CC(C)C)n4)cc3c[n+]2C)c1. The average molecular weight is 454 g/mol. The Morgan fingerprint density at radius 1 is 0.765 bits per heavy atom. The van der Waals surface area contributed by atoms with Crippen molar-refractivity contribution in [2.75, 3.05) is 0 Å². The molecule has 4 rings (SSSR count). The van der Waals surface area contributed by atoms with Crippen molar-refractivity contribution in [2.24, 2.45) is 18.9 Å². The molecule has 0 radical (unpaired) electrons. The molecular weight excluding hydrogens is 416 g/mol. The first kappa shape index (κ1) is 24.0. The summed E-state index contributed by atoms with van der Waals surface area (Å²) in [6.07, 6.45) is 3.94. The van der Waals surface area contributed by atoms with Gasteiger partial charge in [-0.3, -0.25) is 0 Å². The van der Waals surface area contributed by atoms with Crippen molar-refractivity contribution in [2.45, 2.75) is 61.3 Å². The predicted octanol–water partition coefficient (Wildman–Crippen LogP) is 6.51. The number of aromatic nitrogens is 4. The van der Waals surface area contributed by atoms with Crippen LogP contribution in [0.4, 0.5) is 0 Å². The summed E-state index contributed by atoms with van der Waals surface area (Å²) >= 11 is 0. The molecule has 0 aliphatic carbocycles. The van der Waals surface area contributed by atoms with Gasteiger partial charge in [-0.05, 0) is 61.3 Å². The maximum atomic E-state index is 4.85. The van der Waals surface area contributed by atoms with Gasteiger partial charge in [-0.2, -0.15) is 0 Å². The zero-order chi connectivity index (χ0) is 24.6. The van der Waals surface area contributed by atoms with Crippen LogP contribution in [0.25, 0.3) is 33.4 Å². The lowest BCUT2D eigenvalue weighted by molar-refractivity contribution is -0.659. The Kier molecular flexibility index (Phi) is 6.79. The number of nitrogens with zero attached hydrogens (tertiary/aromatic N) is 4. The van der Waals surface area contributed by atoms with E-state index >= 15 is 0 Å². The average Bonchev–Trinajstić information content (AvgIpc) is 2.74. The van der Waals surface area contributed by atoms with Crippen molar-refractivity contribution in [3.8, 4) is 22.6 Å². The van der Waals surface area contributed by atoms with Gasteiger partial charge in [-0.1, -0.05) is 51.5 Å². The maximum absolute atomic E-state index is 4.85. The molecule has 2 aromatic heterocycles. The number of fused-ring (bicyclic) bond motifs is 1. The first-order valence-electron chi connectivity index (χ1n) is 12.4. The third kappa shape index (κ3) is 5.16. The molecule has 2 aromatic carbocycles. The van der Waals surface area contributed by atoms with Gasteiger partial charge in [0, 0.05) is 35.4 Å². The molecule has 0 atom stereocenters. The highest BCUT2D eigenvalue weighted by atomic mass is 15.0. The number of pyridine rings is 1. The van der Waals surface area contributed by atoms with Crippen LogP contribution in [0.1, 0.15) is 56.0 Å². The minimum Gasteiger partial charge on any atom is -0.218 e. The second-order valence-corrected chi connectivity index (χ2v) is 10.6. The summed E-state index contributed by atoms with van der Waals surface area (Å²) in [5.41, 5.74) is 7.51. The summed E-state index contributed by atoms with van der Waals surface area (Å²) in [5.74, 6) is 3.57. The van der Waals surface area contributed by atoms with E-state index < -0.39 is 0 Å². The summed E-state index contributed by atoms with van der Waals surface area (Å²) in [6.45, 7) is 15.4. The third-order valence-electron chi connectivity index (χ3n) is 6.35. The number of benzene rings is 2.